The van der Waals surface area contributed by atoms with Gasteiger partial charge in [0.2, 0.25) is 0 Å². The summed E-state index contributed by atoms with van der Waals surface area (Å²) in [5.74, 6) is 0.271. The van der Waals surface area contributed by atoms with Crippen LogP contribution in [0, 0.1) is 17.2 Å². The Labute approximate surface area is 114 Å². The van der Waals surface area contributed by atoms with E-state index in [-0.39, 0.29) is 5.92 Å². The van der Waals surface area contributed by atoms with Crippen LogP contribution in [0.5, 0.6) is 0 Å². The Bertz CT molecular complexity index is 604. The molecule has 3 rings (SSSR count). The molecule has 0 saturated carbocycles. The van der Waals surface area contributed by atoms with Gasteiger partial charge >= 0.3 is 0 Å². The maximum Gasteiger partial charge on any atom is 0.0656 e. The largest absolute Gasteiger partial charge is 0.299 e. The Hall–Kier alpha value is -1.85. The number of likely N-dealkylation sites (tertiary alicyclic amines) is 1. The third-order valence-corrected chi connectivity index (χ3v) is 3.99. The Balaban J connectivity index is 1.70. The Morgan fingerprint density at radius 3 is 2.53 bits per heavy atom. The SMILES string of the molecule is N#CC1CCN(Cc2ccc3ccccc3c2)CC1. The van der Waals surface area contributed by atoms with E-state index in [1.165, 1.54) is 16.3 Å². The van der Waals surface area contributed by atoms with Gasteiger partial charge in [0.25, 0.3) is 0 Å². The van der Waals surface area contributed by atoms with Crippen LogP contribution in [-0.4, -0.2) is 18.0 Å². The molecular weight excluding hydrogens is 232 g/mol. The Morgan fingerprint density at radius 2 is 1.79 bits per heavy atom. The molecule has 0 atom stereocenters. The van der Waals surface area contributed by atoms with Crippen molar-refractivity contribution in [2.45, 2.75) is 19.4 Å². The highest BCUT2D eigenvalue weighted by Crippen LogP contribution is 2.20. The predicted molar refractivity (Wildman–Crippen MR) is 77.6 cm³/mol. The first-order valence-corrected chi connectivity index (χ1v) is 6.95. The van der Waals surface area contributed by atoms with Crippen molar-refractivity contribution in [1.29, 1.82) is 5.26 Å². The molecule has 1 saturated heterocycles. The summed E-state index contributed by atoms with van der Waals surface area (Å²) < 4.78 is 0. The van der Waals surface area contributed by atoms with Crippen molar-refractivity contribution in [3.63, 3.8) is 0 Å². The molecule has 1 aliphatic heterocycles. The number of benzene rings is 2. The van der Waals surface area contributed by atoms with Gasteiger partial charge in [-0.2, -0.15) is 5.26 Å². The number of nitrogens with zero attached hydrogens (tertiary/aromatic N) is 2. The molecule has 0 aromatic heterocycles. The lowest BCUT2D eigenvalue weighted by Gasteiger charge is -2.29. The summed E-state index contributed by atoms with van der Waals surface area (Å²) in [6.07, 6.45) is 2.04. The van der Waals surface area contributed by atoms with Gasteiger partial charge in [0, 0.05) is 12.5 Å². The van der Waals surface area contributed by atoms with Crippen LogP contribution < -0.4 is 0 Å². The standard InChI is InChI=1S/C17H18N2/c18-12-14-7-9-19(10-8-14)13-15-5-6-16-3-1-2-4-17(16)11-15/h1-6,11,14H,7-10,13H2. The fourth-order valence-corrected chi connectivity index (χ4v) is 2.82. The molecule has 2 aromatic rings. The molecule has 1 fully saturated rings. The number of rotatable bonds is 2. The Kier molecular flexibility index (Phi) is 3.48. The summed E-state index contributed by atoms with van der Waals surface area (Å²) in [7, 11) is 0. The van der Waals surface area contributed by atoms with Crippen molar-refractivity contribution >= 4 is 10.8 Å². The zero-order valence-corrected chi connectivity index (χ0v) is 11.0. The van der Waals surface area contributed by atoms with Crippen molar-refractivity contribution < 1.29 is 0 Å². The molecule has 1 heterocycles. The van der Waals surface area contributed by atoms with Crippen molar-refractivity contribution in [1.82, 2.24) is 4.90 Å². The Morgan fingerprint density at radius 1 is 1.05 bits per heavy atom. The molecule has 2 nitrogen and oxygen atoms in total. The van der Waals surface area contributed by atoms with Gasteiger partial charge in [0.15, 0.2) is 0 Å². The number of hydrogen-bond acceptors (Lipinski definition) is 2. The smallest absolute Gasteiger partial charge is 0.0656 e. The summed E-state index contributed by atoms with van der Waals surface area (Å²) in [5, 5.41) is 11.5. The average Bonchev–Trinajstić information content (AvgIpc) is 2.48. The summed E-state index contributed by atoms with van der Waals surface area (Å²) in [4.78, 5) is 2.46. The first-order valence-electron chi connectivity index (χ1n) is 6.95. The molecule has 0 amide bonds. The van der Waals surface area contributed by atoms with E-state index >= 15 is 0 Å². The third kappa shape index (κ3) is 2.77. The van der Waals surface area contributed by atoms with Gasteiger partial charge in [-0.3, -0.25) is 4.90 Å². The number of piperidine rings is 1. The molecule has 1 aliphatic rings. The molecule has 2 aromatic carbocycles. The van der Waals surface area contributed by atoms with Crippen LogP contribution >= 0.6 is 0 Å². The molecule has 0 aliphatic carbocycles. The van der Waals surface area contributed by atoms with Gasteiger partial charge in [-0.05, 0) is 48.3 Å². The van der Waals surface area contributed by atoms with Crippen LogP contribution in [0.3, 0.4) is 0 Å². The first-order chi connectivity index (χ1) is 9.35. The minimum absolute atomic E-state index is 0.271. The second-order valence-electron chi connectivity index (χ2n) is 5.36. The van der Waals surface area contributed by atoms with E-state index < -0.39 is 0 Å². The fraction of sp³-hybridized carbons (Fsp3) is 0.353. The second-order valence-corrected chi connectivity index (χ2v) is 5.36. The fourth-order valence-electron chi connectivity index (χ4n) is 2.82. The molecule has 0 bridgehead atoms. The van der Waals surface area contributed by atoms with Crippen molar-refractivity contribution in [2.75, 3.05) is 13.1 Å². The molecule has 96 valence electrons. The monoisotopic (exact) mass is 250 g/mol. The van der Waals surface area contributed by atoms with E-state index in [2.05, 4.69) is 53.4 Å². The molecular formula is C17H18N2. The van der Waals surface area contributed by atoms with Crippen LogP contribution in [0.25, 0.3) is 10.8 Å². The van der Waals surface area contributed by atoms with E-state index in [0.29, 0.717) is 0 Å². The van der Waals surface area contributed by atoms with Crippen LogP contribution in [0.4, 0.5) is 0 Å². The summed E-state index contributed by atoms with van der Waals surface area (Å²) in [5.41, 5.74) is 1.37. The minimum Gasteiger partial charge on any atom is -0.299 e. The highest BCUT2D eigenvalue weighted by atomic mass is 15.1. The normalized spacial score (nSPS) is 17.4. The maximum atomic E-state index is 8.92. The van der Waals surface area contributed by atoms with Crippen molar-refractivity contribution in [3.8, 4) is 6.07 Å². The van der Waals surface area contributed by atoms with Crippen LogP contribution in [0.1, 0.15) is 18.4 Å². The van der Waals surface area contributed by atoms with Gasteiger partial charge in [-0.25, -0.2) is 0 Å². The van der Waals surface area contributed by atoms with E-state index in [1.807, 2.05) is 0 Å². The third-order valence-electron chi connectivity index (χ3n) is 3.99. The number of fused-ring (bicyclic) bond motifs is 1. The summed E-state index contributed by atoms with van der Waals surface area (Å²) in [6, 6.07) is 17.6. The van der Waals surface area contributed by atoms with E-state index in [9.17, 15) is 0 Å². The molecule has 19 heavy (non-hydrogen) atoms. The highest BCUT2D eigenvalue weighted by molar-refractivity contribution is 5.82. The van der Waals surface area contributed by atoms with Crippen LogP contribution in [-0.2, 0) is 6.54 Å². The second kappa shape index (κ2) is 5.42. The molecule has 0 spiro atoms. The molecule has 0 N–H and O–H groups in total. The van der Waals surface area contributed by atoms with Gasteiger partial charge in [-0.1, -0.05) is 36.4 Å². The van der Waals surface area contributed by atoms with Crippen molar-refractivity contribution in [2.24, 2.45) is 5.92 Å². The lowest BCUT2D eigenvalue weighted by Crippen LogP contribution is -2.32. The van der Waals surface area contributed by atoms with Gasteiger partial charge in [-0.15, -0.1) is 0 Å². The van der Waals surface area contributed by atoms with E-state index in [1.54, 1.807) is 0 Å². The van der Waals surface area contributed by atoms with Crippen LogP contribution in [0.15, 0.2) is 42.5 Å². The minimum atomic E-state index is 0.271. The highest BCUT2D eigenvalue weighted by Gasteiger charge is 2.18. The zero-order valence-electron chi connectivity index (χ0n) is 11.0. The molecule has 2 heteroatoms. The van der Waals surface area contributed by atoms with Gasteiger partial charge in [0.05, 0.1) is 6.07 Å². The van der Waals surface area contributed by atoms with Gasteiger partial charge < -0.3 is 0 Å². The zero-order chi connectivity index (χ0) is 13.1. The summed E-state index contributed by atoms with van der Waals surface area (Å²) in [6.45, 7) is 3.10. The summed E-state index contributed by atoms with van der Waals surface area (Å²) >= 11 is 0. The topological polar surface area (TPSA) is 27.0 Å². The molecule has 0 radical (unpaired) electrons. The average molecular weight is 250 g/mol. The maximum absolute atomic E-state index is 8.92. The molecule has 0 unspecified atom stereocenters. The van der Waals surface area contributed by atoms with Crippen molar-refractivity contribution in [3.05, 3.63) is 48.0 Å². The lowest BCUT2D eigenvalue weighted by atomic mass is 9.98. The van der Waals surface area contributed by atoms with E-state index in [0.717, 1.165) is 32.5 Å². The lowest BCUT2D eigenvalue weighted by molar-refractivity contribution is 0.198. The number of hydrogen-bond donors (Lipinski definition) is 0. The number of nitriles is 1. The quantitative estimate of drug-likeness (QED) is 0.814. The predicted octanol–water partition coefficient (Wildman–Crippen LogP) is 3.58. The van der Waals surface area contributed by atoms with Crippen LogP contribution in [0.2, 0.25) is 0 Å². The first kappa shape index (κ1) is 12.2. The van der Waals surface area contributed by atoms with E-state index in [4.69, 9.17) is 5.26 Å². The van der Waals surface area contributed by atoms with Gasteiger partial charge in [0.1, 0.15) is 0 Å².